The van der Waals surface area contributed by atoms with Crippen molar-refractivity contribution in [2.45, 2.75) is 6.61 Å². The van der Waals surface area contributed by atoms with Crippen LogP contribution in [0, 0.1) is 0 Å². The van der Waals surface area contributed by atoms with Crippen LogP contribution < -0.4 is 10.2 Å². The Bertz CT molecular complexity index is 537. The number of nitrogens with zero attached hydrogens (tertiary/aromatic N) is 1. The topological polar surface area (TPSA) is 24.5 Å². The Morgan fingerprint density at radius 1 is 1.32 bits per heavy atom. The summed E-state index contributed by atoms with van der Waals surface area (Å²) in [4.78, 5) is 3.78. The smallest absolute Gasteiger partial charge is 0.0806 e. The van der Waals surface area contributed by atoms with E-state index in [4.69, 9.17) is 4.74 Å². The minimum Gasteiger partial charge on any atom is -0.379 e. The van der Waals surface area contributed by atoms with Crippen LogP contribution in [0.1, 0.15) is 4.88 Å². The lowest BCUT2D eigenvalue weighted by molar-refractivity contribution is 0.187. The van der Waals surface area contributed by atoms with Crippen LogP contribution in [-0.2, 0) is 11.3 Å². The summed E-state index contributed by atoms with van der Waals surface area (Å²) < 4.78 is 6.59. The van der Waals surface area contributed by atoms with E-state index < -0.39 is 0 Å². The van der Waals surface area contributed by atoms with Gasteiger partial charge < -0.3 is 15.0 Å². The first-order chi connectivity index (χ1) is 8.88. The van der Waals surface area contributed by atoms with Gasteiger partial charge in [-0.1, -0.05) is 6.07 Å². The van der Waals surface area contributed by atoms with Gasteiger partial charge in [-0.05, 0) is 18.2 Å². The maximum absolute atomic E-state index is 5.23. The fourth-order valence-electron chi connectivity index (χ4n) is 2.49. The molecule has 0 radical (unpaired) electrons. The molecule has 1 aliphatic rings. The first kappa shape index (κ1) is 14.6. The van der Waals surface area contributed by atoms with E-state index in [1.165, 1.54) is 20.7 Å². The number of piperazine rings is 1. The van der Waals surface area contributed by atoms with Crippen LogP contribution in [0.5, 0.6) is 0 Å². The number of halogens is 1. The molecule has 1 aromatic carbocycles. The lowest BCUT2D eigenvalue weighted by Gasteiger charge is -2.30. The molecule has 0 aliphatic carbocycles. The van der Waals surface area contributed by atoms with Gasteiger partial charge in [0.15, 0.2) is 0 Å². The molecule has 0 unspecified atom stereocenters. The van der Waals surface area contributed by atoms with Crippen molar-refractivity contribution < 1.29 is 4.74 Å². The standard InChI is InChI=1S/C14H18N2OS.ClH/c1-17-10-11-9-12-13(3-2-4-14(12)18-11)16-7-5-15-6-8-16;/h2-4,9,15H,5-8,10H2,1H3;1H. The third-order valence-corrected chi connectivity index (χ3v) is 4.41. The second-order valence-electron chi connectivity index (χ2n) is 4.57. The van der Waals surface area contributed by atoms with Gasteiger partial charge in [0.1, 0.15) is 0 Å². The van der Waals surface area contributed by atoms with Crippen molar-refractivity contribution in [2.24, 2.45) is 0 Å². The van der Waals surface area contributed by atoms with Crippen molar-refractivity contribution in [3.8, 4) is 0 Å². The Morgan fingerprint density at radius 2 is 2.11 bits per heavy atom. The Hall–Kier alpha value is -0.810. The number of hydrogen-bond acceptors (Lipinski definition) is 4. The van der Waals surface area contributed by atoms with Crippen LogP contribution in [0.4, 0.5) is 5.69 Å². The molecule has 19 heavy (non-hydrogen) atoms. The lowest BCUT2D eigenvalue weighted by Crippen LogP contribution is -2.43. The van der Waals surface area contributed by atoms with Crippen molar-refractivity contribution in [3.05, 3.63) is 29.1 Å². The fourth-order valence-corrected chi connectivity index (χ4v) is 3.55. The van der Waals surface area contributed by atoms with Crippen molar-refractivity contribution in [3.63, 3.8) is 0 Å². The number of rotatable bonds is 3. The summed E-state index contributed by atoms with van der Waals surface area (Å²) in [5.41, 5.74) is 1.37. The predicted octanol–water partition coefficient (Wildman–Crippen LogP) is 2.88. The number of hydrogen-bond donors (Lipinski definition) is 1. The number of nitrogens with one attached hydrogen (secondary N) is 1. The summed E-state index contributed by atoms with van der Waals surface area (Å²) in [6.45, 7) is 5.04. The molecule has 1 aromatic heterocycles. The molecular weight excluding hydrogens is 280 g/mol. The Labute approximate surface area is 124 Å². The first-order valence-electron chi connectivity index (χ1n) is 6.34. The summed E-state index contributed by atoms with van der Waals surface area (Å²) in [6.07, 6.45) is 0. The molecule has 2 heterocycles. The highest BCUT2D eigenvalue weighted by atomic mass is 35.5. The van der Waals surface area contributed by atoms with Crippen molar-refractivity contribution in [1.82, 2.24) is 5.32 Å². The molecular formula is C14H19ClN2OS. The average Bonchev–Trinajstić information content (AvgIpc) is 2.82. The van der Waals surface area contributed by atoms with Gasteiger partial charge in [-0.25, -0.2) is 0 Å². The van der Waals surface area contributed by atoms with E-state index in [0.29, 0.717) is 6.61 Å². The number of benzene rings is 1. The average molecular weight is 299 g/mol. The van der Waals surface area contributed by atoms with Gasteiger partial charge in [0, 0.05) is 53.9 Å². The van der Waals surface area contributed by atoms with Gasteiger partial charge in [0.2, 0.25) is 0 Å². The third-order valence-electron chi connectivity index (χ3n) is 3.33. The van der Waals surface area contributed by atoms with E-state index in [2.05, 4.69) is 34.5 Å². The van der Waals surface area contributed by atoms with Crippen molar-refractivity contribution in [2.75, 3.05) is 38.2 Å². The summed E-state index contributed by atoms with van der Waals surface area (Å²) >= 11 is 1.83. The van der Waals surface area contributed by atoms with Crippen LogP contribution in [0.2, 0.25) is 0 Å². The maximum Gasteiger partial charge on any atom is 0.0806 e. The van der Waals surface area contributed by atoms with Crippen molar-refractivity contribution >= 4 is 39.5 Å². The van der Waals surface area contributed by atoms with Crippen LogP contribution in [-0.4, -0.2) is 33.3 Å². The molecule has 1 N–H and O–H groups in total. The van der Waals surface area contributed by atoms with Gasteiger partial charge in [0.05, 0.1) is 6.61 Å². The number of ether oxygens (including phenoxy) is 1. The molecule has 5 heteroatoms. The Kier molecular flexibility index (Phi) is 5.05. The van der Waals surface area contributed by atoms with Crippen molar-refractivity contribution in [1.29, 1.82) is 0 Å². The highest BCUT2D eigenvalue weighted by Crippen LogP contribution is 2.33. The molecule has 1 saturated heterocycles. The van der Waals surface area contributed by atoms with Crippen LogP contribution in [0.3, 0.4) is 0 Å². The summed E-state index contributed by atoms with van der Waals surface area (Å²) in [5, 5.41) is 4.77. The third kappa shape index (κ3) is 3.03. The van der Waals surface area contributed by atoms with Gasteiger partial charge in [-0.2, -0.15) is 0 Å². The number of methoxy groups -OCH3 is 1. The molecule has 3 rings (SSSR count). The molecule has 1 fully saturated rings. The predicted molar refractivity (Wildman–Crippen MR) is 84.9 cm³/mol. The van der Waals surface area contributed by atoms with E-state index >= 15 is 0 Å². The van der Waals surface area contributed by atoms with Gasteiger partial charge in [0.25, 0.3) is 0 Å². The second kappa shape index (κ2) is 6.57. The monoisotopic (exact) mass is 298 g/mol. The molecule has 1 aliphatic heterocycles. The summed E-state index contributed by atoms with van der Waals surface area (Å²) in [5.74, 6) is 0. The minimum atomic E-state index is 0. The largest absolute Gasteiger partial charge is 0.379 e. The quantitative estimate of drug-likeness (QED) is 0.943. The van der Waals surface area contributed by atoms with E-state index in [-0.39, 0.29) is 12.4 Å². The van der Waals surface area contributed by atoms with E-state index in [1.54, 1.807) is 7.11 Å². The van der Waals surface area contributed by atoms with Crippen LogP contribution >= 0.6 is 23.7 Å². The van der Waals surface area contributed by atoms with Gasteiger partial charge >= 0.3 is 0 Å². The zero-order chi connectivity index (χ0) is 12.4. The molecule has 0 amide bonds. The van der Waals surface area contributed by atoms with Gasteiger partial charge in [-0.15, -0.1) is 23.7 Å². The molecule has 3 nitrogen and oxygen atoms in total. The zero-order valence-electron chi connectivity index (χ0n) is 11.0. The SMILES string of the molecule is COCc1cc2c(N3CCNCC3)cccc2s1.Cl. The van der Waals surface area contributed by atoms with Crippen LogP contribution in [0.15, 0.2) is 24.3 Å². The zero-order valence-corrected chi connectivity index (χ0v) is 12.6. The number of thiophene rings is 1. The second-order valence-corrected chi connectivity index (χ2v) is 5.74. The molecule has 2 aromatic rings. The van der Waals surface area contributed by atoms with E-state index in [1.807, 2.05) is 11.3 Å². The molecule has 0 saturated carbocycles. The van der Waals surface area contributed by atoms with Gasteiger partial charge in [-0.3, -0.25) is 0 Å². The number of anilines is 1. The lowest BCUT2D eigenvalue weighted by atomic mass is 10.2. The fraction of sp³-hybridized carbons (Fsp3) is 0.429. The maximum atomic E-state index is 5.23. The van der Waals surface area contributed by atoms with Crippen LogP contribution in [0.25, 0.3) is 10.1 Å². The summed E-state index contributed by atoms with van der Waals surface area (Å²) in [7, 11) is 1.75. The molecule has 0 spiro atoms. The highest BCUT2D eigenvalue weighted by Gasteiger charge is 2.14. The summed E-state index contributed by atoms with van der Waals surface area (Å²) in [6, 6.07) is 8.87. The molecule has 104 valence electrons. The number of fused-ring (bicyclic) bond motifs is 1. The molecule has 0 atom stereocenters. The normalized spacial score (nSPS) is 15.5. The highest BCUT2D eigenvalue weighted by molar-refractivity contribution is 7.19. The first-order valence-corrected chi connectivity index (χ1v) is 7.16. The van der Waals surface area contributed by atoms with E-state index in [9.17, 15) is 0 Å². The molecule has 0 bridgehead atoms. The van der Waals surface area contributed by atoms with E-state index in [0.717, 1.165) is 26.2 Å². The Morgan fingerprint density at radius 3 is 2.84 bits per heavy atom. The minimum absolute atomic E-state index is 0. The Balaban J connectivity index is 0.00000133.